The summed E-state index contributed by atoms with van der Waals surface area (Å²) in [4.78, 5) is 0. The van der Waals surface area contributed by atoms with Crippen molar-refractivity contribution in [3.8, 4) is 11.3 Å². The summed E-state index contributed by atoms with van der Waals surface area (Å²) in [6.07, 6.45) is 6.93. The molecule has 1 saturated carbocycles. The molecule has 3 nitrogen and oxygen atoms in total. The summed E-state index contributed by atoms with van der Waals surface area (Å²) in [6.45, 7) is 4.44. The molecule has 0 amide bonds. The largest absolute Gasteiger partial charge is 0.396 e. The number of hydrogen-bond donors (Lipinski definition) is 1. The van der Waals surface area contributed by atoms with Gasteiger partial charge in [0.1, 0.15) is 5.69 Å². The van der Waals surface area contributed by atoms with E-state index in [4.69, 9.17) is 10.8 Å². The predicted octanol–water partition coefficient (Wildman–Crippen LogP) is 4.06. The molecule has 0 saturated heterocycles. The van der Waals surface area contributed by atoms with Crippen molar-refractivity contribution in [2.75, 3.05) is 5.73 Å². The first-order valence-corrected chi connectivity index (χ1v) is 7.63. The second-order valence-corrected chi connectivity index (χ2v) is 5.94. The smallest absolute Gasteiger partial charge is 0.115 e. The van der Waals surface area contributed by atoms with Gasteiger partial charge in [0.25, 0.3) is 0 Å². The highest BCUT2D eigenvalue weighted by Crippen LogP contribution is 2.40. The van der Waals surface area contributed by atoms with Gasteiger partial charge < -0.3 is 5.73 Å². The van der Waals surface area contributed by atoms with Gasteiger partial charge in [0, 0.05) is 11.8 Å². The second kappa shape index (κ2) is 5.31. The van der Waals surface area contributed by atoms with Crippen molar-refractivity contribution in [2.45, 2.75) is 45.6 Å². The SMILES string of the molecule is CCCc1ccc(-c2nn(C(C)C3CC3)cc2N)cc1. The molecule has 20 heavy (non-hydrogen) atoms. The minimum atomic E-state index is 0.463. The second-order valence-electron chi connectivity index (χ2n) is 5.94. The number of nitrogen functional groups attached to an aromatic ring is 1. The summed E-state index contributed by atoms with van der Waals surface area (Å²) >= 11 is 0. The molecule has 0 spiro atoms. The molecular formula is C17H23N3. The zero-order valence-electron chi connectivity index (χ0n) is 12.3. The molecule has 0 aliphatic heterocycles. The third-order valence-corrected chi connectivity index (χ3v) is 4.25. The van der Waals surface area contributed by atoms with Gasteiger partial charge in [0.05, 0.1) is 11.7 Å². The van der Waals surface area contributed by atoms with E-state index < -0.39 is 0 Å². The molecule has 1 aliphatic rings. The highest BCUT2D eigenvalue weighted by molar-refractivity contribution is 5.72. The maximum Gasteiger partial charge on any atom is 0.115 e. The van der Waals surface area contributed by atoms with E-state index >= 15 is 0 Å². The number of hydrogen-bond acceptors (Lipinski definition) is 2. The zero-order valence-corrected chi connectivity index (χ0v) is 12.3. The van der Waals surface area contributed by atoms with Crippen molar-refractivity contribution < 1.29 is 0 Å². The number of anilines is 1. The van der Waals surface area contributed by atoms with Crippen molar-refractivity contribution in [1.29, 1.82) is 0 Å². The standard InChI is InChI=1S/C17H23N3/c1-3-4-13-5-7-15(8-6-13)17-16(18)11-20(19-17)12(2)14-9-10-14/h5-8,11-12,14H,3-4,9-10,18H2,1-2H3. The Balaban J connectivity index is 1.85. The molecule has 3 heteroatoms. The van der Waals surface area contributed by atoms with E-state index in [1.165, 1.54) is 24.8 Å². The maximum atomic E-state index is 6.15. The van der Waals surface area contributed by atoms with E-state index in [2.05, 4.69) is 38.1 Å². The minimum absolute atomic E-state index is 0.463. The highest BCUT2D eigenvalue weighted by Gasteiger charge is 2.30. The maximum absolute atomic E-state index is 6.15. The summed E-state index contributed by atoms with van der Waals surface area (Å²) in [5.41, 5.74) is 10.3. The minimum Gasteiger partial charge on any atom is -0.396 e. The number of aryl methyl sites for hydroxylation is 1. The molecule has 0 radical (unpaired) electrons. The molecular weight excluding hydrogens is 246 g/mol. The Labute approximate surface area is 120 Å². The first-order valence-electron chi connectivity index (χ1n) is 7.63. The molecule has 1 fully saturated rings. The van der Waals surface area contributed by atoms with E-state index in [0.29, 0.717) is 6.04 Å². The molecule has 1 aromatic heterocycles. The third kappa shape index (κ3) is 2.58. The molecule has 1 aromatic carbocycles. The Morgan fingerprint density at radius 1 is 1.30 bits per heavy atom. The summed E-state index contributed by atoms with van der Waals surface area (Å²) in [7, 11) is 0. The van der Waals surface area contributed by atoms with Crippen LogP contribution in [-0.4, -0.2) is 9.78 Å². The van der Waals surface area contributed by atoms with Gasteiger partial charge in [-0.15, -0.1) is 0 Å². The molecule has 1 atom stereocenters. The molecule has 106 valence electrons. The van der Waals surface area contributed by atoms with Crippen molar-refractivity contribution in [2.24, 2.45) is 5.92 Å². The quantitative estimate of drug-likeness (QED) is 0.889. The monoisotopic (exact) mass is 269 g/mol. The van der Waals surface area contributed by atoms with Gasteiger partial charge in [-0.25, -0.2) is 0 Å². The Bertz CT molecular complexity index is 579. The molecule has 1 aliphatic carbocycles. The fraction of sp³-hybridized carbons (Fsp3) is 0.471. The third-order valence-electron chi connectivity index (χ3n) is 4.25. The van der Waals surface area contributed by atoms with Crippen LogP contribution in [0.5, 0.6) is 0 Å². The lowest BCUT2D eigenvalue weighted by Crippen LogP contribution is -2.07. The lowest BCUT2D eigenvalue weighted by atomic mass is 10.1. The Hall–Kier alpha value is -1.77. The van der Waals surface area contributed by atoms with Crippen LogP contribution in [-0.2, 0) is 6.42 Å². The summed E-state index contributed by atoms with van der Waals surface area (Å²) in [5.74, 6) is 0.786. The number of nitrogens with two attached hydrogens (primary N) is 1. The number of nitrogens with zero attached hydrogens (tertiary/aromatic N) is 2. The van der Waals surface area contributed by atoms with Gasteiger partial charge in [-0.2, -0.15) is 5.10 Å². The first kappa shape index (κ1) is 13.2. The normalized spacial score (nSPS) is 16.3. The molecule has 1 heterocycles. The van der Waals surface area contributed by atoms with Crippen molar-refractivity contribution >= 4 is 5.69 Å². The van der Waals surface area contributed by atoms with Crippen LogP contribution in [0, 0.1) is 5.92 Å². The van der Waals surface area contributed by atoms with Crippen LogP contribution in [0.2, 0.25) is 0 Å². The fourth-order valence-electron chi connectivity index (χ4n) is 2.75. The summed E-state index contributed by atoms with van der Waals surface area (Å²) < 4.78 is 2.04. The topological polar surface area (TPSA) is 43.8 Å². The predicted molar refractivity (Wildman–Crippen MR) is 83.5 cm³/mol. The van der Waals surface area contributed by atoms with Crippen LogP contribution < -0.4 is 5.73 Å². The van der Waals surface area contributed by atoms with Crippen molar-refractivity contribution in [3.63, 3.8) is 0 Å². The fourth-order valence-corrected chi connectivity index (χ4v) is 2.75. The van der Waals surface area contributed by atoms with Crippen LogP contribution in [0.1, 0.15) is 44.7 Å². The molecule has 0 bridgehead atoms. The van der Waals surface area contributed by atoms with Crippen molar-refractivity contribution in [3.05, 3.63) is 36.0 Å². The van der Waals surface area contributed by atoms with Gasteiger partial charge >= 0.3 is 0 Å². The number of aromatic nitrogens is 2. The van der Waals surface area contributed by atoms with Gasteiger partial charge in [0.2, 0.25) is 0 Å². The van der Waals surface area contributed by atoms with Crippen LogP contribution in [0.3, 0.4) is 0 Å². The van der Waals surface area contributed by atoms with Gasteiger partial charge in [-0.1, -0.05) is 37.6 Å². The number of rotatable bonds is 5. The molecule has 3 rings (SSSR count). The molecule has 1 unspecified atom stereocenters. The summed E-state index contributed by atoms with van der Waals surface area (Å²) in [5, 5.41) is 4.71. The Morgan fingerprint density at radius 3 is 2.60 bits per heavy atom. The highest BCUT2D eigenvalue weighted by atomic mass is 15.3. The Morgan fingerprint density at radius 2 is 2.00 bits per heavy atom. The summed E-state index contributed by atoms with van der Waals surface area (Å²) in [6, 6.07) is 9.10. The van der Waals surface area contributed by atoms with E-state index in [0.717, 1.165) is 29.3 Å². The van der Waals surface area contributed by atoms with Gasteiger partial charge in [0.15, 0.2) is 0 Å². The van der Waals surface area contributed by atoms with Crippen LogP contribution in [0.25, 0.3) is 11.3 Å². The van der Waals surface area contributed by atoms with Gasteiger partial charge in [-0.3, -0.25) is 4.68 Å². The average molecular weight is 269 g/mol. The lowest BCUT2D eigenvalue weighted by molar-refractivity contribution is 0.441. The zero-order chi connectivity index (χ0) is 14.1. The molecule has 2 aromatic rings. The van der Waals surface area contributed by atoms with Crippen molar-refractivity contribution in [1.82, 2.24) is 9.78 Å². The van der Waals surface area contributed by atoms with Crippen LogP contribution in [0.4, 0.5) is 5.69 Å². The van der Waals surface area contributed by atoms with E-state index in [1.54, 1.807) is 0 Å². The number of benzene rings is 1. The average Bonchev–Trinajstić information content (AvgIpc) is 3.22. The van der Waals surface area contributed by atoms with E-state index in [9.17, 15) is 0 Å². The molecule has 2 N–H and O–H groups in total. The first-order chi connectivity index (χ1) is 9.69. The van der Waals surface area contributed by atoms with E-state index in [1.807, 2.05) is 10.9 Å². The van der Waals surface area contributed by atoms with Crippen LogP contribution in [0.15, 0.2) is 30.5 Å². The van der Waals surface area contributed by atoms with Gasteiger partial charge in [-0.05, 0) is 37.7 Å². The van der Waals surface area contributed by atoms with E-state index in [-0.39, 0.29) is 0 Å². The van der Waals surface area contributed by atoms with Crippen LogP contribution >= 0.6 is 0 Å². The lowest BCUT2D eigenvalue weighted by Gasteiger charge is -2.09. The Kier molecular flexibility index (Phi) is 3.51.